The first-order valence-corrected chi connectivity index (χ1v) is 9.98. The molecule has 0 aliphatic carbocycles. The van der Waals surface area contributed by atoms with E-state index < -0.39 is 11.8 Å². The first-order valence-electron chi connectivity index (χ1n) is 8.81. The van der Waals surface area contributed by atoms with Crippen molar-refractivity contribution in [3.8, 4) is 11.5 Å². The fraction of sp³-hybridized carbons (Fsp3) is 0.300. The van der Waals surface area contributed by atoms with E-state index in [2.05, 4.69) is 33.7 Å². The summed E-state index contributed by atoms with van der Waals surface area (Å²) in [5.74, 6) is 0.252. The molecular formula is C20H22BrClN2O4. The molecule has 0 radical (unpaired) electrons. The average Bonchev–Trinajstić information content (AvgIpc) is 2.68. The molecule has 2 aromatic rings. The van der Waals surface area contributed by atoms with Crippen molar-refractivity contribution in [2.75, 3.05) is 13.2 Å². The van der Waals surface area contributed by atoms with E-state index >= 15 is 0 Å². The van der Waals surface area contributed by atoms with Crippen LogP contribution < -0.4 is 20.3 Å². The van der Waals surface area contributed by atoms with Gasteiger partial charge >= 0.3 is 0 Å². The zero-order valence-electron chi connectivity index (χ0n) is 15.7. The van der Waals surface area contributed by atoms with Crippen LogP contribution in [0.2, 0.25) is 5.02 Å². The maximum atomic E-state index is 12.2. The van der Waals surface area contributed by atoms with Crippen LogP contribution in [0.5, 0.6) is 11.5 Å². The summed E-state index contributed by atoms with van der Waals surface area (Å²) in [6.07, 6.45) is 2.00. The minimum Gasteiger partial charge on any atom is -0.492 e. The van der Waals surface area contributed by atoms with E-state index in [1.165, 1.54) is 0 Å². The van der Waals surface area contributed by atoms with E-state index in [1.807, 2.05) is 6.92 Å². The molecule has 0 spiro atoms. The average molecular weight is 470 g/mol. The monoisotopic (exact) mass is 468 g/mol. The van der Waals surface area contributed by atoms with E-state index in [9.17, 15) is 9.59 Å². The Morgan fingerprint density at radius 3 is 2.57 bits per heavy atom. The zero-order chi connectivity index (χ0) is 20.5. The number of hydrogen-bond donors (Lipinski definition) is 2. The van der Waals surface area contributed by atoms with Crippen molar-refractivity contribution in [3.05, 3.63) is 57.0 Å². The number of aryl methyl sites for hydroxylation is 1. The molecule has 2 aromatic carbocycles. The minimum absolute atomic E-state index is 0.241. The molecule has 0 saturated heterocycles. The third-order valence-electron chi connectivity index (χ3n) is 3.76. The lowest BCUT2D eigenvalue weighted by Gasteiger charge is -2.11. The van der Waals surface area contributed by atoms with Crippen molar-refractivity contribution in [1.29, 1.82) is 0 Å². The van der Waals surface area contributed by atoms with E-state index in [4.69, 9.17) is 21.1 Å². The van der Waals surface area contributed by atoms with Crippen molar-refractivity contribution >= 4 is 39.3 Å². The summed E-state index contributed by atoms with van der Waals surface area (Å²) in [5, 5.41) is 0.622. The number of benzene rings is 2. The molecule has 0 atom stereocenters. The first-order chi connectivity index (χ1) is 13.4. The smallest absolute Gasteiger partial charge is 0.276 e. The quantitative estimate of drug-likeness (QED) is 0.443. The third kappa shape index (κ3) is 6.73. The fourth-order valence-corrected chi connectivity index (χ4v) is 2.79. The molecule has 2 N–H and O–H groups in total. The SMILES string of the molecule is CCCCOc1ccc(C(=O)NNC(=O)COc2ccc(Cl)c(C)c2)cc1Br. The fourth-order valence-electron chi connectivity index (χ4n) is 2.18. The van der Waals surface area contributed by atoms with Gasteiger partial charge in [0.25, 0.3) is 11.8 Å². The van der Waals surface area contributed by atoms with Crippen LogP contribution in [-0.2, 0) is 4.79 Å². The van der Waals surface area contributed by atoms with Crippen LogP contribution in [0.1, 0.15) is 35.7 Å². The second-order valence-electron chi connectivity index (χ2n) is 6.05. The number of hydrazine groups is 1. The van der Waals surface area contributed by atoms with Crippen molar-refractivity contribution in [3.63, 3.8) is 0 Å². The normalized spacial score (nSPS) is 10.3. The van der Waals surface area contributed by atoms with Gasteiger partial charge in [0.1, 0.15) is 11.5 Å². The molecule has 6 nitrogen and oxygen atoms in total. The maximum Gasteiger partial charge on any atom is 0.276 e. The number of carbonyl (C=O) groups is 2. The zero-order valence-corrected chi connectivity index (χ0v) is 18.0. The number of halogens is 2. The Kier molecular flexibility index (Phi) is 8.60. The Balaban J connectivity index is 1.81. The largest absolute Gasteiger partial charge is 0.492 e. The van der Waals surface area contributed by atoms with Gasteiger partial charge in [-0.3, -0.25) is 20.4 Å². The minimum atomic E-state index is -0.487. The number of rotatable bonds is 8. The van der Waals surface area contributed by atoms with Crippen molar-refractivity contribution in [1.82, 2.24) is 10.9 Å². The molecule has 8 heteroatoms. The lowest BCUT2D eigenvalue weighted by atomic mass is 10.2. The predicted octanol–water partition coefficient (Wildman–Crippen LogP) is 4.43. The highest BCUT2D eigenvalue weighted by molar-refractivity contribution is 9.10. The molecule has 28 heavy (non-hydrogen) atoms. The molecule has 0 unspecified atom stereocenters. The van der Waals surface area contributed by atoms with Crippen LogP contribution in [0.3, 0.4) is 0 Å². The molecule has 0 heterocycles. The molecule has 0 fully saturated rings. The van der Waals surface area contributed by atoms with Gasteiger partial charge in [-0.05, 0) is 71.2 Å². The number of nitrogens with one attached hydrogen (secondary N) is 2. The van der Waals surface area contributed by atoms with Gasteiger partial charge < -0.3 is 9.47 Å². The topological polar surface area (TPSA) is 76.7 Å². The highest BCUT2D eigenvalue weighted by Gasteiger charge is 2.11. The van der Waals surface area contributed by atoms with Crippen LogP contribution in [0.15, 0.2) is 40.9 Å². The standard InChI is InChI=1S/C20H22BrClN2O4/c1-3-4-9-27-18-8-5-14(11-16(18)21)20(26)24-23-19(25)12-28-15-6-7-17(22)13(2)10-15/h5-8,10-11H,3-4,9,12H2,1-2H3,(H,23,25)(H,24,26). The van der Waals surface area contributed by atoms with Crippen LogP contribution >= 0.6 is 27.5 Å². The third-order valence-corrected chi connectivity index (χ3v) is 4.81. The summed E-state index contributed by atoms with van der Waals surface area (Å²) in [5.41, 5.74) is 5.90. The summed E-state index contributed by atoms with van der Waals surface area (Å²) in [6.45, 7) is 4.30. The lowest BCUT2D eigenvalue weighted by molar-refractivity contribution is -0.123. The molecule has 0 bridgehead atoms. The number of amides is 2. The number of carbonyl (C=O) groups excluding carboxylic acids is 2. The van der Waals surface area contributed by atoms with Gasteiger partial charge in [0.05, 0.1) is 11.1 Å². The van der Waals surface area contributed by atoms with Crippen molar-refractivity contribution < 1.29 is 19.1 Å². The van der Waals surface area contributed by atoms with Gasteiger partial charge in [-0.2, -0.15) is 0 Å². The second kappa shape index (κ2) is 10.9. The van der Waals surface area contributed by atoms with Gasteiger partial charge in [0.2, 0.25) is 0 Å². The van der Waals surface area contributed by atoms with E-state index in [1.54, 1.807) is 36.4 Å². The first kappa shape index (κ1) is 22.0. The predicted molar refractivity (Wildman–Crippen MR) is 112 cm³/mol. The number of hydrogen-bond acceptors (Lipinski definition) is 4. The van der Waals surface area contributed by atoms with Gasteiger partial charge in [0.15, 0.2) is 6.61 Å². The van der Waals surface area contributed by atoms with Gasteiger partial charge in [0, 0.05) is 10.6 Å². The summed E-state index contributed by atoms with van der Waals surface area (Å²) in [4.78, 5) is 24.1. The molecule has 2 amide bonds. The van der Waals surface area contributed by atoms with E-state index in [0.29, 0.717) is 33.2 Å². The molecule has 2 rings (SSSR count). The number of ether oxygens (including phenoxy) is 2. The Bertz CT molecular complexity index is 845. The molecular weight excluding hydrogens is 448 g/mol. The van der Waals surface area contributed by atoms with Crippen LogP contribution in [-0.4, -0.2) is 25.0 Å². The van der Waals surface area contributed by atoms with Crippen LogP contribution in [0.25, 0.3) is 0 Å². The lowest BCUT2D eigenvalue weighted by Crippen LogP contribution is -2.43. The summed E-state index contributed by atoms with van der Waals surface area (Å²) >= 11 is 9.33. The molecule has 150 valence electrons. The van der Waals surface area contributed by atoms with Crippen molar-refractivity contribution in [2.45, 2.75) is 26.7 Å². The molecule has 0 saturated carbocycles. The summed E-state index contributed by atoms with van der Waals surface area (Å²) < 4.78 is 11.7. The molecule has 0 aliphatic rings. The maximum absolute atomic E-state index is 12.2. The Hall–Kier alpha value is -2.25. The van der Waals surface area contributed by atoms with E-state index in [0.717, 1.165) is 18.4 Å². The number of unbranched alkanes of at least 4 members (excludes halogenated alkanes) is 1. The highest BCUT2D eigenvalue weighted by atomic mass is 79.9. The van der Waals surface area contributed by atoms with Gasteiger partial charge in [-0.25, -0.2) is 0 Å². The summed E-state index contributed by atoms with van der Waals surface area (Å²) in [7, 11) is 0. The Labute approximate surface area is 177 Å². The summed E-state index contributed by atoms with van der Waals surface area (Å²) in [6, 6.07) is 10.1. The van der Waals surface area contributed by atoms with Gasteiger partial charge in [-0.1, -0.05) is 24.9 Å². The molecule has 0 aliphatic heterocycles. The molecule has 0 aromatic heterocycles. The van der Waals surface area contributed by atoms with Gasteiger partial charge in [-0.15, -0.1) is 0 Å². The van der Waals surface area contributed by atoms with E-state index in [-0.39, 0.29) is 6.61 Å². The van der Waals surface area contributed by atoms with Crippen LogP contribution in [0, 0.1) is 6.92 Å². The van der Waals surface area contributed by atoms with Crippen LogP contribution in [0.4, 0.5) is 0 Å². The van der Waals surface area contributed by atoms with Crippen molar-refractivity contribution in [2.24, 2.45) is 0 Å². The highest BCUT2D eigenvalue weighted by Crippen LogP contribution is 2.26. The second-order valence-corrected chi connectivity index (χ2v) is 7.31. The Morgan fingerprint density at radius 2 is 1.89 bits per heavy atom. The Morgan fingerprint density at radius 1 is 1.11 bits per heavy atom.